The van der Waals surface area contributed by atoms with Crippen molar-refractivity contribution in [1.82, 2.24) is 5.32 Å². The molecule has 1 aliphatic carbocycles. The number of benzene rings is 2. The highest BCUT2D eigenvalue weighted by Crippen LogP contribution is 2.48. The summed E-state index contributed by atoms with van der Waals surface area (Å²) in [6, 6.07) is 10.2. The van der Waals surface area contributed by atoms with E-state index in [1.165, 1.54) is 17.7 Å². The summed E-state index contributed by atoms with van der Waals surface area (Å²) >= 11 is 1.66. The molecule has 5 nitrogen and oxygen atoms in total. The second-order valence-corrected chi connectivity index (χ2v) is 8.78. The molecule has 0 atom stereocenters. The number of halogens is 1. The average Bonchev–Trinajstić information content (AvgIpc) is 3.59. The maximum atomic E-state index is 13.5. The minimum Gasteiger partial charge on any atom is -0.455 e. The van der Waals surface area contributed by atoms with Crippen LogP contribution < -0.4 is 9.62 Å². The van der Waals surface area contributed by atoms with Gasteiger partial charge in [0.2, 0.25) is 0 Å². The van der Waals surface area contributed by atoms with Crippen LogP contribution in [0.1, 0.15) is 48.0 Å². The van der Waals surface area contributed by atoms with Crippen LogP contribution in [0.25, 0.3) is 22.3 Å². The zero-order valence-electron chi connectivity index (χ0n) is 18.7. The fraction of sp³-hybridized carbons (Fsp3) is 0.400. The fourth-order valence-corrected chi connectivity index (χ4v) is 4.56. The van der Waals surface area contributed by atoms with Gasteiger partial charge in [-0.15, -0.1) is 0 Å². The number of ether oxygens (including phenoxy) is 1. The van der Waals surface area contributed by atoms with Gasteiger partial charge in [0.15, 0.2) is 0 Å². The number of nitrogens with one attached hydrogen (secondary N) is 1. The van der Waals surface area contributed by atoms with E-state index >= 15 is 0 Å². The van der Waals surface area contributed by atoms with Crippen LogP contribution in [-0.2, 0) is 4.74 Å². The predicted octanol–water partition coefficient (Wildman–Crippen LogP) is 5.99. The zero-order chi connectivity index (χ0) is 22.7. The van der Waals surface area contributed by atoms with Crippen molar-refractivity contribution in [3.05, 3.63) is 53.3 Å². The molecule has 7 heteroatoms. The van der Waals surface area contributed by atoms with E-state index in [2.05, 4.69) is 28.9 Å². The first-order valence-electron chi connectivity index (χ1n) is 11.0. The highest BCUT2D eigenvalue weighted by Gasteiger charge is 2.31. The Morgan fingerprint density at radius 3 is 2.62 bits per heavy atom. The Kier molecular flexibility index (Phi) is 7.06. The number of rotatable bonds is 10. The molecule has 2 aromatic carbocycles. The van der Waals surface area contributed by atoms with Gasteiger partial charge in [-0.2, -0.15) is 0 Å². The largest absolute Gasteiger partial charge is 0.455 e. The van der Waals surface area contributed by atoms with E-state index in [1.807, 2.05) is 6.07 Å². The molecule has 0 aliphatic heterocycles. The summed E-state index contributed by atoms with van der Waals surface area (Å²) in [5.41, 5.74) is 4.15. The summed E-state index contributed by atoms with van der Waals surface area (Å²) in [6.45, 7) is 4.27. The van der Waals surface area contributed by atoms with Gasteiger partial charge in [-0.25, -0.2) is 4.39 Å². The number of anilines is 1. The lowest BCUT2D eigenvalue weighted by Crippen LogP contribution is -2.21. The Hall–Kier alpha value is -2.51. The summed E-state index contributed by atoms with van der Waals surface area (Å²) in [5, 5.41) is 3.52. The molecular formula is C25H29FN2O3S. The van der Waals surface area contributed by atoms with E-state index in [0.717, 1.165) is 43.5 Å². The van der Waals surface area contributed by atoms with Crippen molar-refractivity contribution in [2.75, 3.05) is 37.4 Å². The smallest absolute Gasteiger partial charge is 0.255 e. The molecule has 4 rings (SSSR count). The molecule has 0 saturated heterocycles. The second-order valence-electron chi connectivity index (χ2n) is 7.97. The lowest BCUT2D eigenvalue weighted by molar-refractivity contribution is 0.0964. The Balaban J connectivity index is 1.82. The minimum atomic E-state index is -0.328. The first-order chi connectivity index (χ1) is 15.6. The molecule has 170 valence electrons. The molecule has 1 amide bonds. The van der Waals surface area contributed by atoms with Gasteiger partial charge in [-0.1, -0.05) is 18.9 Å². The zero-order valence-corrected chi connectivity index (χ0v) is 19.6. The first-order valence-corrected chi connectivity index (χ1v) is 12.2. The third kappa shape index (κ3) is 4.64. The van der Waals surface area contributed by atoms with Crippen molar-refractivity contribution in [3.63, 3.8) is 0 Å². The van der Waals surface area contributed by atoms with Crippen LogP contribution in [0.2, 0.25) is 0 Å². The van der Waals surface area contributed by atoms with Crippen molar-refractivity contribution < 1.29 is 18.3 Å². The van der Waals surface area contributed by atoms with E-state index in [0.29, 0.717) is 35.0 Å². The number of nitrogens with zero attached hydrogens (tertiary/aromatic N) is 1. The molecule has 0 bridgehead atoms. The highest BCUT2D eigenvalue weighted by atomic mass is 32.2. The summed E-state index contributed by atoms with van der Waals surface area (Å²) in [6.07, 6.45) is 5.35. The summed E-state index contributed by atoms with van der Waals surface area (Å²) in [7, 11) is 1.61. The minimum absolute atomic E-state index is 0.215. The predicted molar refractivity (Wildman–Crippen MR) is 129 cm³/mol. The Labute approximate surface area is 192 Å². The molecule has 0 radical (unpaired) electrons. The highest BCUT2D eigenvalue weighted by molar-refractivity contribution is 7.99. The molecule has 1 fully saturated rings. The van der Waals surface area contributed by atoms with Crippen LogP contribution in [0.3, 0.4) is 0 Å². The number of furan rings is 1. The number of fused-ring (bicyclic) bond motifs is 1. The summed E-state index contributed by atoms with van der Waals surface area (Å²) in [4.78, 5) is 12.8. The van der Waals surface area contributed by atoms with Gasteiger partial charge in [-0.3, -0.25) is 4.79 Å². The van der Waals surface area contributed by atoms with Gasteiger partial charge in [-0.05, 0) is 61.1 Å². The van der Waals surface area contributed by atoms with Crippen molar-refractivity contribution in [3.8, 4) is 11.3 Å². The first kappa shape index (κ1) is 22.7. The van der Waals surface area contributed by atoms with Crippen molar-refractivity contribution in [2.24, 2.45) is 0 Å². The molecule has 0 spiro atoms. The van der Waals surface area contributed by atoms with Crippen LogP contribution >= 0.6 is 11.9 Å². The van der Waals surface area contributed by atoms with Gasteiger partial charge in [0.25, 0.3) is 5.91 Å². The van der Waals surface area contributed by atoms with Crippen molar-refractivity contribution in [2.45, 2.75) is 32.1 Å². The van der Waals surface area contributed by atoms with E-state index in [1.54, 1.807) is 31.1 Å². The maximum absolute atomic E-state index is 13.5. The Bertz CT molecular complexity index is 1090. The lowest BCUT2D eigenvalue weighted by Gasteiger charge is -2.24. The summed E-state index contributed by atoms with van der Waals surface area (Å²) < 4.78 is 27.7. The van der Waals surface area contributed by atoms with Crippen molar-refractivity contribution in [1.29, 1.82) is 0 Å². The lowest BCUT2D eigenvalue weighted by atomic mass is 10.0. The van der Waals surface area contributed by atoms with Gasteiger partial charge < -0.3 is 18.8 Å². The molecule has 3 aromatic rings. The van der Waals surface area contributed by atoms with Crippen molar-refractivity contribution >= 4 is 34.5 Å². The number of hydrogen-bond donors (Lipinski definition) is 1. The SMILES string of the molecule is CCCOCCN(SC)c1cc2oc(-c3ccc(F)cc3)c(C(=O)NC)c2cc1C1CC1. The third-order valence-corrected chi connectivity index (χ3v) is 6.51. The van der Waals surface area contributed by atoms with Gasteiger partial charge in [0, 0.05) is 36.9 Å². The number of hydrogen-bond acceptors (Lipinski definition) is 5. The molecule has 1 N–H and O–H groups in total. The topological polar surface area (TPSA) is 54.7 Å². The second kappa shape index (κ2) is 9.96. The normalized spacial score (nSPS) is 13.5. The Morgan fingerprint density at radius 1 is 1.25 bits per heavy atom. The van der Waals surface area contributed by atoms with Crippen LogP contribution in [0.5, 0.6) is 0 Å². The van der Waals surface area contributed by atoms with Crippen LogP contribution in [0.15, 0.2) is 40.8 Å². The maximum Gasteiger partial charge on any atom is 0.255 e. The number of carbonyl (C=O) groups excluding carboxylic acids is 1. The van der Waals surface area contributed by atoms with E-state index in [-0.39, 0.29) is 11.7 Å². The molecule has 1 heterocycles. The van der Waals surface area contributed by atoms with Crippen LogP contribution in [0.4, 0.5) is 10.1 Å². The van der Waals surface area contributed by atoms with Gasteiger partial charge in [0.1, 0.15) is 17.2 Å². The summed E-state index contributed by atoms with van der Waals surface area (Å²) in [5.74, 6) is 0.403. The number of amides is 1. The molecule has 32 heavy (non-hydrogen) atoms. The number of carbonyl (C=O) groups is 1. The average molecular weight is 457 g/mol. The van der Waals surface area contributed by atoms with Crippen LogP contribution in [-0.4, -0.2) is 39.0 Å². The van der Waals surface area contributed by atoms with Gasteiger partial charge >= 0.3 is 0 Å². The fourth-order valence-electron chi connectivity index (χ4n) is 3.95. The van der Waals surface area contributed by atoms with E-state index in [4.69, 9.17) is 9.15 Å². The molecule has 1 aromatic heterocycles. The standard InChI is InChI=1S/C25H29FN2O3S/c1-4-12-30-13-11-28(32-3)21-15-22-20(14-19(21)16-5-6-16)23(25(29)27-2)24(31-22)17-7-9-18(26)10-8-17/h7-10,14-16H,4-6,11-13H2,1-3H3,(H,27,29). The monoisotopic (exact) mass is 456 g/mol. The third-order valence-electron chi connectivity index (χ3n) is 5.69. The molecule has 1 saturated carbocycles. The molecule has 0 unspecified atom stereocenters. The van der Waals surface area contributed by atoms with E-state index < -0.39 is 0 Å². The van der Waals surface area contributed by atoms with Crippen LogP contribution in [0, 0.1) is 5.82 Å². The quantitative estimate of drug-likeness (QED) is 0.300. The molecule has 1 aliphatic rings. The molecular weight excluding hydrogens is 427 g/mol. The van der Waals surface area contributed by atoms with E-state index in [9.17, 15) is 9.18 Å². The van der Waals surface area contributed by atoms with Gasteiger partial charge in [0.05, 0.1) is 24.4 Å². The Morgan fingerprint density at radius 2 is 2.00 bits per heavy atom.